The Morgan fingerprint density at radius 3 is 2.42 bits per heavy atom. The lowest BCUT2D eigenvalue weighted by molar-refractivity contribution is -0.180. The summed E-state index contributed by atoms with van der Waals surface area (Å²) >= 11 is 0. The van der Waals surface area contributed by atoms with Crippen LogP contribution in [0.15, 0.2) is 0 Å². The van der Waals surface area contributed by atoms with Gasteiger partial charge in [-0.2, -0.15) is 0 Å². The molecule has 0 bridgehead atoms. The van der Waals surface area contributed by atoms with Crippen LogP contribution in [0.4, 0.5) is 0 Å². The second kappa shape index (κ2) is 5.44. The number of aliphatic hydroxyl groups is 2. The van der Waals surface area contributed by atoms with Gasteiger partial charge in [0.05, 0.1) is 18.1 Å². The van der Waals surface area contributed by atoms with E-state index in [1.807, 2.05) is 6.92 Å². The molecule has 0 aromatic rings. The van der Waals surface area contributed by atoms with Crippen LogP contribution in [0.25, 0.3) is 0 Å². The van der Waals surface area contributed by atoms with Crippen molar-refractivity contribution in [2.75, 3.05) is 0 Å². The maximum Gasteiger partial charge on any atom is 0.307 e. The Labute approximate surface area is 144 Å². The van der Waals surface area contributed by atoms with Crippen molar-refractivity contribution < 1.29 is 20.1 Å². The molecule has 4 saturated carbocycles. The zero-order valence-electron chi connectivity index (χ0n) is 14.9. The minimum Gasteiger partial charge on any atom is -0.481 e. The summed E-state index contributed by atoms with van der Waals surface area (Å²) in [6, 6.07) is 0. The molecule has 9 atom stereocenters. The predicted octanol–water partition coefficient (Wildman–Crippen LogP) is 3.06. The lowest BCUT2D eigenvalue weighted by Crippen LogP contribution is -2.59. The van der Waals surface area contributed by atoms with E-state index in [4.69, 9.17) is 0 Å². The molecule has 136 valence electrons. The third-order valence-corrected chi connectivity index (χ3v) is 9.04. The quantitative estimate of drug-likeness (QED) is 0.688. The first-order valence-electron chi connectivity index (χ1n) is 9.87. The normalized spacial score (nSPS) is 56.9. The van der Waals surface area contributed by atoms with Crippen molar-refractivity contribution >= 4 is 5.97 Å². The second-order valence-corrected chi connectivity index (χ2v) is 9.67. The number of fused-ring (bicyclic) bond motifs is 5. The summed E-state index contributed by atoms with van der Waals surface area (Å²) in [6.07, 6.45) is 6.93. The van der Waals surface area contributed by atoms with Crippen molar-refractivity contribution in [2.45, 2.75) is 77.4 Å². The molecule has 4 heteroatoms. The van der Waals surface area contributed by atoms with Crippen LogP contribution in [0.1, 0.15) is 65.2 Å². The fourth-order valence-corrected chi connectivity index (χ4v) is 7.61. The number of aliphatic hydroxyl groups excluding tert-OH is 2. The average Bonchev–Trinajstić information content (AvgIpc) is 2.88. The van der Waals surface area contributed by atoms with Gasteiger partial charge >= 0.3 is 5.97 Å². The van der Waals surface area contributed by atoms with E-state index in [0.29, 0.717) is 23.7 Å². The Kier molecular flexibility index (Phi) is 3.82. The van der Waals surface area contributed by atoms with E-state index >= 15 is 0 Å². The summed E-state index contributed by atoms with van der Waals surface area (Å²) < 4.78 is 0. The maximum atomic E-state index is 11.8. The number of hydrogen-bond donors (Lipinski definition) is 3. The number of hydrogen-bond acceptors (Lipinski definition) is 3. The van der Waals surface area contributed by atoms with Gasteiger partial charge in [0.15, 0.2) is 0 Å². The molecule has 24 heavy (non-hydrogen) atoms. The number of carbonyl (C=O) groups is 1. The molecule has 4 fully saturated rings. The highest BCUT2D eigenvalue weighted by Gasteiger charge is 2.64. The summed E-state index contributed by atoms with van der Waals surface area (Å²) in [6.45, 7) is 4.43. The first kappa shape index (κ1) is 16.8. The standard InChI is InChI=1S/C20H32O4/c1-19-8-7-12(21)9-11(19)3-4-13-14-5-6-15(18(23)24)20(14,2)17(22)10-16(13)19/h11-17,21-22H,3-10H2,1-2H3,(H,23,24)/t11-,12+,13+,14+,15+,16+,17+,19-,20-/m0/s1. The molecular weight excluding hydrogens is 304 g/mol. The van der Waals surface area contributed by atoms with E-state index in [0.717, 1.165) is 51.4 Å². The highest BCUT2D eigenvalue weighted by Crippen LogP contribution is 2.67. The first-order chi connectivity index (χ1) is 11.3. The van der Waals surface area contributed by atoms with Crippen LogP contribution >= 0.6 is 0 Å². The van der Waals surface area contributed by atoms with Gasteiger partial charge < -0.3 is 15.3 Å². The smallest absolute Gasteiger partial charge is 0.307 e. The Balaban J connectivity index is 1.66. The van der Waals surface area contributed by atoms with Crippen molar-refractivity contribution in [3.8, 4) is 0 Å². The first-order valence-corrected chi connectivity index (χ1v) is 9.87. The predicted molar refractivity (Wildman–Crippen MR) is 90.2 cm³/mol. The summed E-state index contributed by atoms with van der Waals surface area (Å²) in [5.41, 5.74) is -0.240. The van der Waals surface area contributed by atoms with Gasteiger partial charge in [0.1, 0.15) is 0 Å². The largest absolute Gasteiger partial charge is 0.481 e. The van der Waals surface area contributed by atoms with Crippen LogP contribution in [0.3, 0.4) is 0 Å². The molecule has 4 aliphatic carbocycles. The van der Waals surface area contributed by atoms with Crippen LogP contribution in [0.2, 0.25) is 0 Å². The summed E-state index contributed by atoms with van der Waals surface area (Å²) in [5, 5.41) is 30.8. The highest BCUT2D eigenvalue weighted by molar-refractivity contribution is 5.71. The zero-order chi connectivity index (χ0) is 17.3. The van der Waals surface area contributed by atoms with Gasteiger partial charge in [0, 0.05) is 5.41 Å². The van der Waals surface area contributed by atoms with Crippen LogP contribution in [0.5, 0.6) is 0 Å². The fourth-order valence-electron chi connectivity index (χ4n) is 7.61. The Hall–Kier alpha value is -0.610. The third kappa shape index (κ3) is 2.08. The van der Waals surface area contributed by atoms with Gasteiger partial charge in [0.25, 0.3) is 0 Å². The van der Waals surface area contributed by atoms with E-state index in [1.165, 1.54) is 0 Å². The molecule has 4 nitrogen and oxygen atoms in total. The van der Waals surface area contributed by atoms with Crippen molar-refractivity contribution in [1.82, 2.24) is 0 Å². The molecule has 0 aromatic carbocycles. The molecule has 0 heterocycles. The minimum absolute atomic E-state index is 0.152. The molecule has 0 amide bonds. The van der Waals surface area contributed by atoms with E-state index in [1.54, 1.807) is 0 Å². The number of rotatable bonds is 1. The van der Waals surface area contributed by atoms with Gasteiger partial charge in [-0.05, 0) is 80.5 Å². The van der Waals surface area contributed by atoms with Crippen LogP contribution in [-0.4, -0.2) is 33.5 Å². The average molecular weight is 336 g/mol. The molecule has 0 saturated heterocycles. The molecule has 0 spiro atoms. The van der Waals surface area contributed by atoms with Crippen molar-refractivity contribution in [2.24, 2.45) is 40.4 Å². The second-order valence-electron chi connectivity index (χ2n) is 9.67. The molecule has 3 N–H and O–H groups in total. The Morgan fingerprint density at radius 1 is 0.958 bits per heavy atom. The topological polar surface area (TPSA) is 77.8 Å². The van der Waals surface area contributed by atoms with Gasteiger partial charge in [-0.15, -0.1) is 0 Å². The molecule has 4 aliphatic rings. The third-order valence-electron chi connectivity index (χ3n) is 9.04. The van der Waals surface area contributed by atoms with Gasteiger partial charge in [-0.25, -0.2) is 0 Å². The monoisotopic (exact) mass is 336 g/mol. The summed E-state index contributed by atoms with van der Waals surface area (Å²) in [4.78, 5) is 11.8. The zero-order valence-corrected chi connectivity index (χ0v) is 14.9. The Bertz CT molecular complexity index is 534. The van der Waals surface area contributed by atoms with Crippen LogP contribution in [-0.2, 0) is 4.79 Å². The number of carboxylic acid groups (broad SMARTS) is 1. The van der Waals surface area contributed by atoms with Crippen molar-refractivity contribution in [3.63, 3.8) is 0 Å². The van der Waals surface area contributed by atoms with E-state index in [-0.39, 0.29) is 11.5 Å². The fraction of sp³-hybridized carbons (Fsp3) is 0.950. The van der Waals surface area contributed by atoms with E-state index < -0.39 is 23.4 Å². The molecule has 0 unspecified atom stereocenters. The molecular formula is C20H32O4. The van der Waals surface area contributed by atoms with E-state index in [9.17, 15) is 20.1 Å². The van der Waals surface area contributed by atoms with Crippen LogP contribution in [0, 0.1) is 40.4 Å². The molecule has 4 rings (SSSR count). The van der Waals surface area contributed by atoms with E-state index in [2.05, 4.69) is 6.92 Å². The van der Waals surface area contributed by atoms with Gasteiger partial charge in [-0.1, -0.05) is 13.8 Å². The lowest BCUT2D eigenvalue weighted by atomic mass is 9.44. The number of carboxylic acids is 1. The van der Waals surface area contributed by atoms with Crippen LogP contribution < -0.4 is 0 Å². The Morgan fingerprint density at radius 2 is 1.71 bits per heavy atom. The maximum absolute atomic E-state index is 11.8. The molecule has 0 radical (unpaired) electrons. The van der Waals surface area contributed by atoms with Gasteiger partial charge in [-0.3, -0.25) is 4.79 Å². The number of aliphatic carboxylic acids is 1. The van der Waals surface area contributed by atoms with Crippen molar-refractivity contribution in [3.05, 3.63) is 0 Å². The highest BCUT2D eigenvalue weighted by atomic mass is 16.4. The van der Waals surface area contributed by atoms with Crippen molar-refractivity contribution in [1.29, 1.82) is 0 Å². The molecule has 0 aromatic heterocycles. The SMILES string of the molecule is C[C@]12CC[C@@H](O)C[C@@H]1CC[C@H]1[C@H]2C[C@@H](O)[C@]2(C)[C@@H](C(=O)O)CC[C@H]12. The minimum atomic E-state index is -0.724. The summed E-state index contributed by atoms with van der Waals surface area (Å²) in [5.74, 6) is 0.840. The van der Waals surface area contributed by atoms with Gasteiger partial charge in [0.2, 0.25) is 0 Å². The summed E-state index contributed by atoms with van der Waals surface area (Å²) in [7, 11) is 0. The lowest BCUT2D eigenvalue weighted by Gasteiger charge is -2.61. The molecule has 0 aliphatic heterocycles.